The van der Waals surface area contributed by atoms with Crippen LogP contribution in [0.3, 0.4) is 0 Å². The number of aromatic hydroxyl groups is 1. The lowest BCUT2D eigenvalue weighted by molar-refractivity contribution is 0.411. The van der Waals surface area contributed by atoms with Gasteiger partial charge in [-0.15, -0.1) is 0 Å². The largest absolute Gasteiger partial charge is 0.508 e. The van der Waals surface area contributed by atoms with E-state index in [1.165, 1.54) is 16.7 Å². The third kappa shape index (κ3) is 11.4. The van der Waals surface area contributed by atoms with Crippen LogP contribution in [0.15, 0.2) is 48.5 Å². The van der Waals surface area contributed by atoms with Gasteiger partial charge in [0, 0.05) is 0 Å². The quantitative estimate of drug-likeness (QED) is 0.610. The fraction of sp³-hybridized carbons (Fsp3) is 0.500. The number of hydrogen-bond acceptors (Lipinski definition) is 1. The lowest BCUT2D eigenvalue weighted by Crippen LogP contribution is -2.08. The average Bonchev–Trinajstić information content (AvgIpc) is 2.58. The molecule has 0 atom stereocenters. The Labute approximate surface area is 157 Å². The zero-order valence-corrected chi connectivity index (χ0v) is 16.7. The second kappa shape index (κ2) is 13.5. The van der Waals surface area contributed by atoms with Crippen molar-refractivity contribution in [2.45, 2.75) is 75.2 Å². The molecule has 1 N–H and O–H groups in total. The predicted octanol–water partition coefficient (Wildman–Crippen LogP) is 7.45. The maximum atomic E-state index is 9.27. The molecule has 0 aromatic heterocycles. The summed E-state index contributed by atoms with van der Waals surface area (Å²) in [7, 11) is 0. The number of phenolic OH excluding ortho intramolecular Hbond substituents is 1. The van der Waals surface area contributed by atoms with Gasteiger partial charge in [-0.1, -0.05) is 92.3 Å². The van der Waals surface area contributed by atoms with E-state index in [2.05, 4.69) is 45.0 Å². The summed E-state index contributed by atoms with van der Waals surface area (Å²) >= 11 is 0. The van der Waals surface area contributed by atoms with E-state index in [0.717, 1.165) is 19.3 Å². The first-order valence-electron chi connectivity index (χ1n) is 9.28. The van der Waals surface area contributed by atoms with Crippen LogP contribution < -0.4 is 0 Å². The van der Waals surface area contributed by atoms with Crippen molar-refractivity contribution in [3.8, 4) is 5.75 Å². The van der Waals surface area contributed by atoms with Crippen molar-refractivity contribution in [1.29, 1.82) is 0 Å². The number of rotatable bonds is 4. The maximum Gasteiger partial charge on any atom is 0.115 e. The molecule has 0 aliphatic rings. The van der Waals surface area contributed by atoms with E-state index in [1.54, 1.807) is 12.1 Å². The number of aryl methyl sites for hydroxylation is 2. The Morgan fingerprint density at radius 1 is 0.640 bits per heavy atom. The molecule has 2 aromatic rings. The topological polar surface area (TPSA) is 20.2 Å². The molecule has 0 bridgehead atoms. The molecule has 1 nitrogen and oxygen atoms in total. The highest BCUT2D eigenvalue weighted by Crippen LogP contribution is 2.21. The Morgan fingerprint density at radius 2 is 0.960 bits per heavy atom. The van der Waals surface area contributed by atoms with E-state index in [1.807, 2.05) is 39.8 Å². The van der Waals surface area contributed by atoms with Gasteiger partial charge in [0.2, 0.25) is 0 Å². The first-order valence-corrected chi connectivity index (χ1v) is 9.28. The predicted molar refractivity (Wildman–Crippen MR) is 115 cm³/mol. The average molecular weight is 345 g/mol. The van der Waals surface area contributed by atoms with Gasteiger partial charge in [-0.25, -0.2) is 0 Å². The minimum atomic E-state index is 0. The van der Waals surface area contributed by atoms with Crippen LogP contribution in [0.1, 0.15) is 72.6 Å². The molecule has 0 fully saturated rings. The summed E-state index contributed by atoms with van der Waals surface area (Å²) in [6.45, 7) is 14.8. The molecule has 0 heterocycles. The second-order valence-corrected chi connectivity index (χ2v) is 6.72. The fourth-order valence-electron chi connectivity index (χ4n) is 2.39. The molecule has 1 heteroatoms. The van der Waals surface area contributed by atoms with Gasteiger partial charge >= 0.3 is 0 Å². The molecule has 2 aromatic carbocycles. The standard InChI is InChI=1S/C19H24O.2C2H6.CH4/c1-19(2,3)14-17-8-6-15(7-9-17)4-5-16-10-12-18(20)13-11-16;2*1-2;/h6-13,20H,4-5,14H2,1-3H3;2*1-2H3;1H4. The molecule has 0 aliphatic carbocycles. The van der Waals surface area contributed by atoms with Gasteiger partial charge in [-0.05, 0) is 53.5 Å². The van der Waals surface area contributed by atoms with Crippen LogP contribution in [0.25, 0.3) is 0 Å². The van der Waals surface area contributed by atoms with Crippen molar-refractivity contribution in [2.75, 3.05) is 0 Å². The van der Waals surface area contributed by atoms with E-state index in [4.69, 9.17) is 0 Å². The normalized spacial score (nSPS) is 9.72. The summed E-state index contributed by atoms with van der Waals surface area (Å²) in [4.78, 5) is 0. The van der Waals surface area contributed by atoms with Gasteiger partial charge in [-0.2, -0.15) is 0 Å². The Balaban J connectivity index is 0. The van der Waals surface area contributed by atoms with Crippen LogP contribution in [0.5, 0.6) is 5.75 Å². The van der Waals surface area contributed by atoms with Crippen molar-refractivity contribution in [1.82, 2.24) is 0 Å². The summed E-state index contributed by atoms with van der Waals surface area (Å²) in [6.07, 6.45) is 3.17. The molecule has 0 unspecified atom stereocenters. The lowest BCUT2D eigenvalue weighted by atomic mass is 9.88. The van der Waals surface area contributed by atoms with Gasteiger partial charge < -0.3 is 5.11 Å². The molecule has 0 saturated heterocycles. The van der Waals surface area contributed by atoms with Crippen molar-refractivity contribution in [3.63, 3.8) is 0 Å². The fourth-order valence-corrected chi connectivity index (χ4v) is 2.39. The molecule has 2 rings (SSSR count). The van der Waals surface area contributed by atoms with Crippen LogP contribution in [0.4, 0.5) is 0 Å². The third-order valence-corrected chi connectivity index (χ3v) is 3.40. The van der Waals surface area contributed by atoms with Crippen LogP contribution in [0, 0.1) is 5.41 Å². The van der Waals surface area contributed by atoms with E-state index < -0.39 is 0 Å². The van der Waals surface area contributed by atoms with Crippen LogP contribution in [-0.4, -0.2) is 5.11 Å². The van der Waals surface area contributed by atoms with Gasteiger partial charge in [0.25, 0.3) is 0 Å². The SMILES string of the molecule is C.CC.CC.CC(C)(C)Cc1ccc(CCc2ccc(O)cc2)cc1. The Morgan fingerprint density at radius 3 is 1.32 bits per heavy atom. The highest BCUT2D eigenvalue weighted by molar-refractivity contribution is 5.28. The Bertz CT molecular complexity index is 530. The zero-order chi connectivity index (χ0) is 18.6. The van der Waals surface area contributed by atoms with E-state index in [0.29, 0.717) is 11.2 Å². The molecule has 0 spiro atoms. The summed E-state index contributed by atoms with van der Waals surface area (Å²) in [5.41, 5.74) is 4.39. The van der Waals surface area contributed by atoms with Crippen LogP contribution >= 0.6 is 0 Å². The van der Waals surface area contributed by atoms with Gasteiger partial charge in [-0.3, -0.25) is 0 Å². The van der Waals surface area contributed by atoms with Crippen molar-refractivity contribution >= 4 is 0 Å². The minimum Gasteiger partial charge on any atom is -0.508 e. The second-order valence-electron chi connectivity index (χ2n) is 6.72. The molecule has 0 aliphatic heterocycles. The Kier molecular flexibility index (Phi) is 13.8. The minimum absolute atomic E-state index is 0. The summed E-state index contributed by atoms with van der Waals surface area (Å²) in [5.74, 6) is 0.334. The monoisotopic (exact) mass is 344 g/mol. The van der Waals surface area contributed by atoms with Crippen molar-refractivity contribution in [3.05, 3.63) is 65.2 Å². The first-order chi connectivity index (χ1) is 11.4. The first kappa shape index (κ1) is 25.5. The molecule has 142 valence electrons. The third-order valence-electron chi connectivity index (χ3n) is 3.40. The lowest BCUT2D eigenvalue weighted by Gasteiger charge is -2.18. The summed E-state index contributed by atoms with van der Waals surface area (Å²) < 4.78 is 0. The highest BCUT2D eigenvalue weighted by atomic mass is 16.3. The summed E-state index contributed by atoms with van der Waals surface area (Å²) in [5, 5.41) is 9.27. The maximum absolute atomic E-state index is 9.27. The zero-order valence-electron chi connectivity index (χ0n) is 16.7. The van der Waals surface area contributed by atoms with Crippen LogP contribution in [0.2, 0.25) is 0 Å². The molecular formula is C24H40O. The number of benzene rings is 2. The Hall–Kier alpha value is -1.76. The molecule has 0 amide bonds. The summed E-state index contributed by atoms with van der Waals surface area (Å²) in [6, 6.07) is 16.5. The molecule has 25 heavy (non-hydrogen) atoms. The molecular weight excluding hydrogens is 304 g/mol. The van der Waals surface area contributed by atoms with E-state index in [-0.39, 0.29) is 7.43 Å². The highest BCUT2D eigenvalue weighted by Gasteiger charge is 2.10. The molecule has 0 radical (unpaired) electrons. The van der Waals surface area contributed by atoms with Gasteiger partial charge in [0.15, 0.2) is 0 Å². The smallest absolute Gasteiger partial charge is 0.115 e. The van der Waals surface area contributed by atoms with Crippen molar-refractivity contribution in [2.24, 2.45) is 5.41 Å². The van der Waals surface area contributed by atoms with E-state index >= 15 is 0 Å². The van der Waals surface area contributed by atoms with Gasteiger partial charge in [0.1, 0.15) is 5.75 Å². The van der Waals surface area contributed by atoms with Crippen molar-refractivity contribution < 1.29 is 5.11 Å². The molecule has 0 saturated carbocycles. The van der Waals surface area contributed by atoms with Crippen LogP contribution in [-0.2, 0) is 19.3 Å². The number of hydrogen-bond donors (Lipinski definition) is 1. The van der Waals surface area contributed by atoms with Gasteiger partial charge in [0.05, 0.1) is 0 Å². The number of phenols is 1. The van der Waals surface area contributed by atoms with E-state index in [9.17, 15) is 5.11 Å².